The number of hydrogen-bond acceptors (Lipinski definition) is 5. The molecule has 198 valence electrons. The van der Waals surface area contributed by atoms with Crippen LogP contribution in [0.5, 0.6) is 11.5 Å². The normalized spacial score (nSPS) is 21.9. The highest BCUT2D eigenvalue weighted by Crippen LogP contribution is 2.56. The highest BCUT2D eigenvalue weighted by Gasteiger charge is 2.54. The molecule has 1 heterocycles. The van der Waals surface area contributed by atoms with E-state index in [-0.39, 0.29) is 5.04 Å². The van der Waals surface area contributed by atoms with Crippen LogP contribution in [0.25, 0.3) is 0 Å². The Morgan fingerprint density at radius 3 is 2.00 bits per heavy atom. The molecule has 0 fully saturated rings. The van der Waals surface area contributed by atoms with E-state index in [1.165, 1.54) is 0 Å². The second-order valence-electron chi connectivity index (χ2n) is 11.7. The number of hydrogen-bond donors (Lipinski definition) is 1. The van der Waals surface area contributed by atoms with Crippen LogP contribution in [0.3, 0.4) is 0 Å². The Morgan fingerprint density at radius 2 is 1.43 bits per heavy atom. The topological polar surface area (TPSA) is 47.9 Å². The number of aliphatic hydroxyl groups is 1. The maximum absolute atomic E-state index is 12.8. The Morgan fingerprint density at radius 1 is 0.865 bits per heavy atom. The highest BCUT2D eigenvalue weighted by atomic mass is 32.2. The molecule has 2 atom stereocenters. The van der Waals surface area contributed by atoms with Gasteiger partial charge < -0.3 is 19.0 Å². The Hall–Kier alpha value is -2.25. The summed E-state index contributed by atoms with van der Waals surface area (Å²) in [5.41, 5.74) is 2.12. The van der Waals surface area contributed by atoms with Crippen molar-refractivity contribution < 1.29 is 19.0 Å². The number of rotatable bonds is 7. The third-order valence-corrected chi connectivity index (χ3v) is 14.2. The third kappa shape index (κ3) is 4.97. The van der Waals surface area contributed by atoms with E-state index in [0.29, 0.717) is 12.4 Å². The summed E-state index contributed by atoms with van der Waals surface area (Å²) in [6, 6.07) is 22.4. The van der Waals surface area contributed by atoms with E-state index in [1.54, 1.807) is 26.0 Å². The lowest BCUT2D eigenvalue weighted by atomic mass is 9.63. The van der Waals surface area contributed by atoms with Gasteiger partial charge in [0.05, 0.1) is 20.8 Å². The molecule has 1 aliphatic heterocycles. The predicted molar refractivity (Wildman–Crippen MR) is 155 cm³/mol. The average molecular weight is 537 g/mol. The molecule has 4 rings (SSSR count). The fourth-order valence-electron chi connectivity index (χ4n) is 4.72. The van der Waals surface area contributed by atoms with Gasteiger partial charge in [0.25, 0.3) is 0 Å². The first-order chi connectivity index (χ1) is 17.4. The van der Waals surface area contributed by atoms with Gasteiger partial charge in [-0.25, -0.2) is 0 Å². The van der Waals surface area contributed by atoms with Crippen molar-refractivity contribution in [3.63, 3.8) is 0 Å². The Kier molecular flexibility index (Phi) is 7.61. The molecule has 6 heteroatoms. The van der Waals surface area contributed by atoms with Crippen molar-refractivity contribution in [2.45, 2.75) is 68.3 Å². The van der Waals surface area contributed by atoms with Gasteiger partial charge in [-0.2, -0.15) is 0 Å². The molecule has 2 unspecified atom stereocenters. The van der Waals surface area contributed by atoms with Gasteiger partial charge >= 0.3 is 0 Å². The van der Waals surface area contributed by atoms with Crippen LogP contribution >= 0.6 is 11.8 Å². The van der Waals surface area contributed by atoms with Crippen LogP contribution in [0.2, 0.25) is 18.1 Å². The summed E-state index contributed by atoms with van der Waals surface area (Å²) in [7, 11) is 1.49. The maximum atomic E-state index is 12.8. The largest absolute Gasteiger partial charge is 0.497 e. The monoisotopic (exact) mass is 536 g/mol. The van der Waals surface area contributed by atoms with Crippen LogP contribution in [0, 0.1) is 0 Å². The molecule has 3 aromatic carbocycles. The molecule has 0 amide bonds. The average Bonchev–Trinajstić information content (AvgIpc) is 2.89. The van der Waals surface area contributed by atoms with Gasteiger partial charge in [0.1, 0.15) is 17.1 Å². The van der Waals surface area contributed by atoms with Crippen LogP contribution < -0.4 is 9.47 Å². The molecule has 0 bridgehead atoms. The van der Waals surface area contributed by atoms with Crippen molar-refractivity contribution in [3.8, 4) is 11.5 Å². The summed E-state index contributed by atoms with van der Waals surface area (Å²) < 4.78 is 17.3. The molecule has 1 N–H and O–H groups in total. The van der Waals surface area contributed by atoms with Gasteiger partial charge in [0.2, 0.25) is 0 Å². The van der Waals surface area contributed by atoms with E-state index >= 15 is 0 Å². The smallest absolute Gasteiger partial charge is 0.192 e. The van der Waals surface area contributed by atoms with E-state index < -0.39 is 19.3 Å². The molecular weight excluding hydrogens is 496 g/mol. The Labute approximate surface area is 227 Å². The summed E-state index contributed by atoms with van der Waals surface area (Å²) in [4.78, 5) is 1.04. The minimum Gasteiger partial charge on any atom is -0.497 e. The lowest BCUT2D eigenvalue weighted by Gasteiger charge is -2.50. The van der Waals surface area contributed by atoms with Gasteiger partial charge in [-0.15, -0.1) is 11.8 Å². The predicted octanol–water partition coefficient (Wildman–Crippen LogP) is 7.53. The van der Waals surface area contributed by atoms with Gasteiger partial charge in [0.15, 0.2) is 8.32 Å². The number of thioether (sulfide) groups is 1. The van der Waals surface area contributed by atoms with Gasteiger partial charge in [0, 0.05) is 21.6 Å². The Balaban J connectivity index is 1.77. The SMILES string of the molecule is COc1ccc(C2(C)CSc3cc(OC)ccc3C2(O)c2ccc(CO[Si](C)(C)C(C)(C)C)cc2)cc1. The maximum Gasteiger partial charge on any atom is 0.192 e. The molecule has 0 saturated carbocycles. The van der Waals surface area contributed by atoms with Gasteiger partial charge in [-0.3, -0.25) is 0 Å². The minimum absolute atomic E-state index is 0.160. The van der Waals surface area contributed by atoms with Crippen molar-refractivity contribution >= 4 is 20.1 Å². The molecule has 0 aliphatic carbocycles. The van der Waals surface area contributed by atoms with Crippen molar-refractivity contribution in [2.75, 3.05) is 20.0 Å². The lowest BCUT2D eigenvalue weighted by molar-refractivity contribution is 0.00574. The summed E-state index contributed by atoms with van der Waals surface area (Å²) in [5, 5.41) is 13.0. The van der Waals surface area contributed by atoms with Crippen molar-refractivity contribution in [2.24, 2.45) is 0 Å². The highest BCUT2D eigenvalue weighted by molar-refractivity contribution is 7.99. The lowest BCUT2D eigenvalue weighted by Crippen LogP contribution is -2.52. The number of benzene rings is 3. The molecular formula is C31H40O4SSi. The zero-order valence-electron chi connectivity index (χ0n) is 23.3. The van der Waals surface area contributed by atoms with E-state index in [0.717, 1.165) is 38.6 Å². The molecule has 1 aliphatic rings. The third-order valence-electron chi connectivity index (χ3n) is 8.40. The first-order valence-electron chi connectivity index (χ1n) is 12.8. The molecule has 0 aromatic heterocycles. The quantitative estimate of drug-likeness (QED) is 0.316. The molecule has 0 spiro atoms. The first-order valence-corrected chi connectivity index (χ1v) is 16.7. The number of ether oxygens (including phenoxy) is 2. The molecule has 4 nitrogen and oxygen atoms in total. The van der Waals surface area contributed by atoms with E-state index in [2.05, 4.69) is 77.2 Å². The van der Waals surface area contributed by atoms with Crippen LogP contribution in [0.1, 0.15) is 49.9 Å². The zero-order valence-corrected chi connectivity index (χ0v) is 25.2. The minimum atomic E-state index is -1.85. The van der Waals surface area contributed by atoms with E-state index in [9.17, 15) is 5.11 Å². The molecule has 0 saturated heterocycles. The van der Waals surface area contributed by atoms with Crippen LogP contribution in [0.4, 0.5) is 0 Å². The van der Waals surface area contributed by atoms with Gasteiger partial charge in [-0.05, 0) is 59.1 Å². The second kappa shape index (κ2) is 10.1. The number of methoxy groups -OCH3 is 2. The second-order valence-corrected chi connectivity index (χ2v) is 17.5. The van der Waals surface area contributed by atoms with Crippen LogP contribution in [-0.2, 0) is 22.0 Å². The van der Waals surface area contributed by atoms with Crippen LogP contribution in [0.15, 0.2) is 71.6 Å². The summed E-state index contributed by atoms with van der Waals surface area (Å²) >= 11 is 1.76. The Bertz CT molecular complexity index is 1230. The van der Waals surface area contributed by atoms with Gasteiger partial charge in [-0.1, -0.05) is 70.2 Å². The first kappa shape index (κ1) is 27.8. The number of fused-ring (bicyclic) bond motifs is 1. The molecule has 37 heavy (non-hydrogen) atoms. The van der Waals surface area contributed by atoms with Crippen LogP contribution in [-0.4, -0.2) is 33.4 Å². The standard InChI is InChI=1S/C31H40O4SSi/c1-29(2,3)37(7,8)35-20-22-9-11-24(12-10-22)31(32)27-18-17-26(34-6)19-28(27)36-21-30(31,4)23-13-15-25(33-5)16-14-23/h9-19,32H,20-21H2,1-8H3. The van der Waals surface area contributed by atoms with Crippen molar-refractivity contribution in [3.05, 3.63) is 89.0 Å². The van der Waals surface area contributed by atoms with E-state index in [4.69, 9.17) is 13.9 Å². The van der Waals surface area contributed by atoms with Crippen molar-refractivity contribution in [1.82, 2.24) is 0 Å². The fraction of sp³-hybridized carbons (Fsp3) is 0.419. The fourth-order valence-corrected chi connectivity index (χ4v) is 7.07. The zero-order chi connectivity index (χ0) is 27.1. The molecule has 3 aromatic rings. The van der Waals surface area contributed by atoms with Crippen molar-refractivity contribution in [1.29, 1.82) is 0 Å². The summed E-state index contributed by atoms with van der Waals surface area (Å²) in [5.74, 6) is 2.31. The summed E-state index contributed by atoms with van der Waals surface area (Å²) in [6.07, 6.45) is 0. The van der Waals surface area contributed by atoms with E-state index in [1.807, 2.05) is 30.3 Å². The molecule has 0 radical (unpaired) electrons. The summed E-state index contributed by atoms with van der Waals surface area (Å²) in [6.45, 7) is 14.0.